The Hall–Kier alpha value is -1.16. The average molecular weight is 210 g/mol. The highest BCUT2D eigenvalue weighted by Crippen LogP contribution is 2.16. The van der Waals surface area contributed by atoms with Crippen LogP contribution in [0.3, 0.4) is 0 Å². The molecule has 0 aromatic carbocycles. The first-order valence-corrected chi connectivity index (χ1v) is 5.15. The van der Waals surface area contributed by atoms with Gasteiger partial charge < -0.3 is 9.64 Å². The number of morpholine rings is 1. The van der Waals surface area contributed by atoms with Crippen molar-refractivity contribution in [2.75, 3.05) is 31.3 Å². The Kier molecular flexibility index (Phi) is 3.16. The lowest BCUT2D eigenvalue weighted by Crippen LogP contribution is -2.43. The van der Waals surface area contributed by atoms with E-state index in [-0.39, 0.29) is 6.10 Å². The van der Waals surface area contributed by atoms with Crippen molar-refractivity contribution >= 4 is 5.82 Å². The van der Waals surface area contributed by atoms with Crippen LogP contribution in [0.2, 0.25) is 0 Å². The standard InChI is InChI=1S/C11H15FN2O/c1-9-2-3-13-11(6-9)14-4-5-15-10(7-12)8-14/h2-3,6,10H,4-5,7-8H2,1H3/t10-/m1/s1. The van der Waals surface area contributed by atoms with E-state index in [1.807, 2.05) is 19.1 Å². The molecule has 1 aliphatic heterocycles. The van der Waals surface area contributed by atoms with Crippen LogP contribution in [0.15, 0.2) is 18.3 Å². The van der Waals surface area contributed by atoms with E-state index >= 15 is 0 Å². The van der Waals surface area contributed by atoms with Gasteiger partial charge in [-0.2, -0.15) is 0 Å². The van der Waals surface area contributed by atoms with Crippen LogP contribution in [0.4, 0.5) is 10.2 Å². The second-order valence-corrected chi connectivity index (χ2v) is 3.78. The fraction of sp³-hybridized carbons (Fsp3) is 0.545. The lowest BCUT2D eigenvalue weighted by molar-refractivity contribution is 0.0245. The normalized spacial score (nSPS) is 21.7. The Morgan fingerprint density at radius 2 is 2.53 bits per heavy atom. The van der Waals surface area contributed by atoms with Crippen LogP contribution in [0.25, 0.3) is 0 Å². The van der Waals surface area contributed by atoms with Crippen molar-refractivity contribution < 1.29 is 9.13 Å². The predicted molar refractivity (Wildman–Crippen MR) is 56.9 cm³/mol. The molecule has 1 saturated heterocycles. The number of hydrogen-bond donors (Lipinski definition) is 0. The minimum atomic E-state index is -0.428. The summed E-state index contributed by atoms with van der Waals surface area (Å²) in [6, 6.07) is 3.97. The zero-order valence-corrected chi connectivity index (χ0v) is 8.82. The maximum atomic E-state index is 12.5. The van der Waals surface area contributed by atoms with Crippen molar-refractivity contribution in [2.24, 2.45) is 0 Å². The molecule has 1 atom stereocenters. The Morgan fingerprint density at radius 1 is 1.67 bits per heavy atom. The van der Waals surface area contributed by atoms with Gasteiger partial charge in [0.2, 0.25) is 0 Å². The molecule has 3 nitrogen and oxygen atoms in total. The molecule has 4 heteroatoms. The molecule has 2 heterocycles. The van der Waals surface area contributed by atoms with Gasteiger partial charge >= 0.3 is 0 Å². The molecule has 0 unspecified atom stereocenters. The summed E-state index contributed by atoms with van der Waals surface area (Å²) in [6.07, 6.45) is 1.48. The highest BCUT2D eigenvalue weighted by atomic mass is 19.1. The first-order valence-electron chi connectivity index (χ1n) is 5.15. The van der Waals surface area contributed by atoms with Crippen molar-refractivity contribution in [3.63, 3.8) is 0 Å². The second-order valence-electron chi connectivity index (χ2n) is 3.78. The summed E-state index contributed by atoms with van der Waals surface area (Å²) >= 11 is 0. The summed E-state index contributed by atoms with van der Waals surface area (Å²) in [4.78, 5) is 6.35. The number of aryl methyl sites for hydroxylation is 1. The molecule has 1 aromatic heterocycles. The third kappa shape index (κ3) is 2.45. The summed E-state index contributed by atoms with van der Waals surface area (Å²) in [5.74, 6) is 0.914. The Balaban J connectivity index is 2.09. The number of nitrogens with zero attached hydrogens (tertiary/aromatic N) is 2. The highest BCUT2D eigenvalue weighted by molar-refractivity contribution is 5.41. The predicted octanol–water partition coefficient (Wildman–Crippen LogP) is 1.56. The number of pyridine rings is 1. The van der Waals surface area contributed by atoms with Gasteiger partial charge in [-0.1, -0.05) is 0 Å². The summed E-state index contributed by atoms with van der Waals surface area (Å²) in [7, 11) is 0. The van der Waals surface area contributed by atoms with Crippen molar-refractivity contribution in [3.05, 3.63) is 23.9 Å². The summed E-state index contributed by atoms with van der Waals surface area (Å²) in [6.45, 7) is 3.55. The molecule has 0 amide bonds. The van der Waals surface area contributed by atoms with Crippen molar-refractivity contribution in [3.8, 4) is 0 Å². The number of alkyl halides is 1. The topological polar surface area (TPSA) is 25.4 Å². The molecule has 0 spiro atoms. The van der Waals surface area contributed by atoms with Gasteiger partial charge in [0.1, 0.15) is 18.6 Å². The van der Waals surface area contributed by atoms with E-state index in [2.05, 4.69) is 9.88 Å². The average Bonchev–Trinajstić information content (AvgIpc) is 2.29. The Bertz CT molecular complexity index is 332. The molecule has 0 N–H and O–H groups in total. The van der Waals surface area contributed by atoms with E-state index < -0.39 is 6.67 Å². The van der Waals surface area contributed by atoms with Gasteiger partial charge in [0.05, 0.1) is 6.61 Å². The van der Waals surface area contributed by atoms with Gasteiger partial charge in [-0.25, -0.2) is 9.37 Å². The molecule has 1 aromatic rings. The zero-order chi connectivity index (χ0) is 10.7. The van der Waals surface area contributed by atoms with Crippen LogP contribution < -0.4 is 4.90 Å². The van der Waals surface area contributed by atoms with Crippen LogP contribution in [-0.4, -0.2) is 37.5 Å². The van der Waals surface area contributed by atoms with Crippen LogP contribution >= 0.6 is 0 Å². The van der Waals surface area contributed by atoms with Gasteiger partial charge in [0.25, 0.3) is 0 Å². The monoisotopic (exact) mass is 210 g/mol. The van der Waals surface area contributed by atoms with Crippen LogP contribution in [0, 0.1) is 6.92 Å². The van der Waals surface area contributed by atoms with Gasteiger partial charge in [-0.3, -0.25) is 0 Å². The summed E-state index contributed by atoms with van der Waals surface area (Å²) in [5, 5.41) is 0. The molecule has 0 saturated carbocycles. The molecular formula is C11H15FN2O. The van der Waals surface area contributed by atoms with E-state index in [9.17, 15) is 4.39 Å². The number of anilines is 1. The third-order valence-corrected chi connectivity index (χ3v) is 2.54. The Morgan fingerprint density at radius 3 is 3.27 bits per heavy atom. The number of hydrogen-bond acceptors (Lipinski definition) is 3. The van der Waals surface area contributed by atoms with E-state index in [1.165, 1.54) is 5.56 Å². The fourth-order valence-corrected chi connectivity index (χ4v) is 1.71. The maximum absolute atomic E-state index is 12.5. The van der Waals surface area contributed by atoms with E-state index in [1.54, 1.807) is 6.20 Å². The Labute approximate surface area is 88.9 Å². The summed E-state index contributed by atoms with van der Waals surface area (Å²) in [5.41, 5.74) is 1.17. The lowest BCUT2D eigenvalue weighted by atomic mass is 10.2. The quantitative estimate of drug-likeness (QED) is 0.740. The van der Waals surface area contributed by atoms with Gasteiger partial charge in [-0.15, -0.1) is 0 Å². The van der Waals surface area contributed by atoms with E-state index in [4.69, 9.17) is 4.74 Å². The largest absolute Gasteiger partial charge is 0.372 e. The first kappa shape index (κ1) is 10.4. The summed E-state index contributed by atoms with van der Waals surface area (Å²) < 4.78 is 17.7. The van der Waals surface area contributed by atoms with E-state index in [0.717, 1.165) is 12.4 Å². The van der Waals surface area contributed by atoms with Crippen LogP contribution in [0.5, 0.6) is 0 Å². The van der Waals surface area contributed by atoms with Crippen molar-refractivity contribution in [1.29, 1.82) is 0 Å². The number of aromatic nitrogens is 1. The molecule has 1 aliphatic rings. The van der Waals surface area contributed by atoms with Gasteiger partial charge in [0, 0.05) is 19.3 Å². The second kappa shape index (κ2) is 4.57. The number of rotatable bonds is 2. The van der Waals surface area contributed by atoms with E-state index in [0.29, 0.717) is 13.2 Å². The smallest absolute Gasteiger partial charge is 0.128 e. The zero-order valence-electron chi connectivity index (χ0n) is 8.82. The van der Waals surface area contributed by atoms with Gasteiger partial charge in [-0.05, 0) is 24.6 Å². The molecule has 1 fully saturated rings. The van der Waals surface area contributed by atoms with Crippen LogP contribution in [0.1, 0.15) is 5.56 Å². The number of halogens is 1. The molecule has 0 aliphatic carbocycles. The molecular weight excluding hydrogens is 195 g/mol. The lowest BCUT2D eigenvalue weighted by Gasteiger charge is -2.32. The minimum Gasteiger partial charge on any atom is -0.372 e. The van der Waals surface area contributed by atoms with Crippen LogP contribution in [-0.2, 0) is 4.74 Å². The molecule has 0 bridgehead atoms. The van der Waals surface area contributed by atoms with Crippen molar-refractivity contribution in [2.45, 2.75) is 13.0 Å². The minimum absolute atomic E-state index is 0.305. The maximum Gasteiger partial charge on any atom is 0.128 e. The molecule has 82 valence electrons. The third-order valence-electron chi connectivity index (χ3n) is 2.54. The molecule has 15 heavy (non-hydrogen) atoms. The van der Waals surface area contributed by atoms with Crippen molar-refractivity contribution in [1.82, 2.24) is 4.98 Å². The fourth-order valence-electron chi connectivity index (χ4n) is 1.71. The first-order chi connectivity index (χ1) is 7.29. The highest BCUT2D eigenvalue weighted by Gasteiger charge is 2.21. The molecule has 0 radical (unpaired) electrons. The van der Waals surface area contributed by atoms with Gasteiger partial charge in [0.15, 0.2) is 0 Å². The SMILES string of the molecule is Cc1ccnc(N2CCO[C@H](CF)C2)c1. The number of ether oxygens (including phenoxy) is 1. The molecule has 2 rings (SSSR count).